The molecule has 0 heterocycles. The van der Waals surface area contributed by atoms with Gasteiger partial charge in [0, 0.05) is 52.6 Å². The second-order valence-electron chi connectivity index (χ2n) is 5.75. The molecule has 5 nitrogen and oxygen atoms in total. The van der Waals surface area contributed by atoms with Crippen LogP contribution in [0, 0.1) is 0 Å². The van der Waals surface area contributed by atoms with Crippen molar-refractivity contribution in [2.75, 3.05) is 51.8 Å². The standard InChI is InChI=1S/C19H34N4O/c1-4-23(18-12-7-5-8-13-18)16-11-15-22-19(20-2)21-14-9-6-10-17-24-3/h5,7-8,12-13H,4,6,9-11,14-17H2,1-3H3,(H2,20,21,22). The summed E-state index contributed by atoms with van der Waals surface area (Å²) in [4.78, 5) is 6.67. The van der Waals surface area contributed by atoms with Gasteiger partial charge in [0.1, 0.15) is 0 Å². The molecule has 0 aliphatic rings. The van der Waals surface area contributed by atoms with E-state index in [2.05, 4.69) is 57.8 Å². The zero-order valence-electron chi connectivity index (χ0n) is 15.6. The van der Waals surface area contributed by atoms with Crippen LogP contribution in [0.2, 0.25) is 0 Å². The van der Waals surface area contributed by atoms with Crippen LogP contribution in [0.4, 0.5) is 5.69 Å². The van der Waals surface area contributed by atoms with E-state index >= 15 is 0 Å². The molecule has 0 bridgehead atoms. The lowest BCUT2D eigenvalue weighted by Crippen LogP contribution is -2.39. The molecule has 0 spiro atoms. The number of unbranched alkanes of at least 4 members (excludes halogenated alkanes) is 2. The highest BCUT2D eigenvalue weighted by Crippen LogP contribution is 2.12. The molecule has 0 amide bonds. The van der Waals surface area contributed by atoms with Gasteiger partial charge in [0.05, 0.1) is 0 Å². The van der Waals surface area contributed by atoms with Crippen molar-refractivity contribution < 1.29 is 4.74 Å². The summed E-state index contributed by atoms with van der Waals surface area (Å²) in [5.41, 5.74) is 1.29. The van der Waals surface area contributed by atoms with Gasteiger partial charge in [0.25, 0.3) is 0 Å². The van der Waals surface area contributed by atoms with E-state index in [9.17, 15) is 0 Å². The van der Waals surface area contributed by atoms with Crippen LogP contribution >= 0.6 is 0 Å². The second-order valence-corrected chi connectivity index (χ2v) is 5.75. The van der Waals surface area contributed by atoms with Crippen molar-refractivity contribution in [1.29, 1.82) is 0 Å². The fraction of sp³-hybridized carbons (Fsp3) is 0.632. The summed E-state index contributed by atoms with van der Waals surface area (Å²) in [6.45, 7) is 6.99. The first-order valence-electron chi connectivity index (χ1n) is 9.05. The smallest absolute Gasteiger partial charge is 0.190 e. The maximum absolute atomic E-state index is 5.06. The molecule has 0 atom stereocenters. The van der Waals surface area contributed by atoms with Crippen LogP contribution in [0.5, 0.6) is 0 Å². The van der Waals surface area contributed by atoms with Gasteiger partial charge in [0.15, 0.2) is 5.96 Å². The molecule has 0 fully saturated rings. The van der Waals surface area contributed by atoms with E-state index in [1.165, 1.54) is 12.1 Å². The highest BCUT2D eigenvalue weighted by atomic mass is 16.5. The summed E-state index contributed by atoms with van der Waals surface area (Å²) >= 11 is 0. The number of aliphatic imine (C=N–C) groups is 1. The number of guanidine groups is 1. The lowest BCUT2D eigenvalue weighted by atomic mass is 10.2. The Morgan fingerprint density at radius 3 is 2.38 bits per heavy atom. The number of ether oxygens (including phenoxy) is 1. The molecule has 0 aliphatic carbocycles. The van der Waals surface area contributed by atoms with Gasteiger partial charge in [-0.15, -0.1) is 0 Å². The summed E-state index contributed by atoms with van der Waals surface area (Å²) in [6.07, 6.45) is 4.52. The van der Waals surface area contributed by atoms with Crippen LogP contribution in [0.15, 0.2) is 35.3 Å². The molecule has 136 valence electrons. The van der Waals surface area contributed by atoms with Gasteiger partial charge in [0.2, 0.25) is 0 Å². The zero-order valence-corrected chi connectivity index (χ0v) is 15.6. The lowest BCUT2D eigenvalue weighted by Gasteiger charge is -2.23. The van der Waals surface area contributed by atoms with Gasteiger partial charge in [-0.3, -0.25) is 4.99 Å². The number of para-hydroxylation sites is 1. The van der Waals surface area contributed by atoms with Crippen molar-refractivity contribution in [2.24, 2.45) is 4.99 Å². The summed E-state index contributed by atoms with van der Waals surface area (Å²) in [6, 6.07) is 10.6. The Morgan fingerprint density at radius 1 is 1.04 bits per heavy atom. The second kappa shape index (κ2) is 13.7. The maximum Gasteiger partial charge on any atom is 0.190 e. The Hall–Kier alpha value is -1.75. The highest BCUT2D eigenvalue weighted by molar-refractivity contribution is 5.79. The summed E-state index contributed by atoms with van der Waals surface area (Å²) in [5, 5.41) is 6.75. The van der Waals surface area contributed by atoms with E-state index in [1.54, 1.807) is 7.11 Å². The molecule has 1 rings (SSSR count). The van der Waals surface area contributed by atoms with Gasteiger partial charge >= 0.3 is 0 Å². The largest absolute Gasteiger partial charge is 0.385 e. The Morgan fingerprint density at radius 2 is 1.75 bits per heavy atom. The van der Waals surface area contributed by atoms with Crippen molar-refractivity contribution in [3.63, 3.8) is 0 Å². The first kappa shape index (κ1) is 20.3. The molecule has 1 aromatic carbocycles. The number of rotatable bonds is 12. The van der Waals surface area contributed by atoms with Gasteiger partial charge in [-0.05, 0) is 44.7 Å². The minimum atomic E-state index is 0.850. The van der Waals surface area contributed by atoms with Crippen molar-refractivity contribution in [1.82, 2.24) is 10.6 Å². The van der Waals surface area contributed by atoms with E-state index in [0.29, 0.717) is 0 Å². The predicted octanol–water partition coefficient (Wildman–Crippen LogP) is 2.88. The number of hydrogen-bond acceptors (Lipinski definition) is 3. The molecule has 0 unspecified atom stereocenters. The molecule has 0 saturated carbocycles. The van der Waals surface area contributed by atoms with Crippen LogP contribution in [-0.4, -0.2) is 52.9 Å². The first-order valence-corrected chi connectivity index (χ1v) is 9.05. The molecule has 0 radical (unpaired) electrons. The van der Waals surface area contributed by atoms with Crippen molar-refractivity contribution >= 4 is 11.6 Å². The molecular formula is C19H34N4O. The van der Waals surface area contributed by atoms with Gasteiger partial charge in [-0.2, -0.15) is 0 Å². The minimum absolute atomic E-state index is 0.850. The number of nitrogens with zero attached hydrogens (tertiary/aromatic N) is 2. The average molecular weight is 335 g/mol. The summed E-state index contributed by atoms with van der Waals surface area (Å²) in [5.74, 6) is 0.893. The van der Waals surface area contributed by atoms with Gasteiger partial charge in [-0.25, -0.2) is 0 Å². The van der Waals surface area contributed by atoms with Crippen LogP contribution in [-0.2, 0) is 4.74 Å². The molecule has 0 saturated heterocycles. The molecule has 5 heteroatoms. The lowest BCUT2D eigenvalue weighted by molar-refractivity contribution is 0.192. The quantitative estimate of drug-likeness (QED) is 0.351. The molecule has 2 N–H and O–H groups in total. The Bertz CT molecular complexity index is 436. The topological polar surface area (TPSA) is 48.9 Å². The van der Waals surface area contributed by atoms with Crippen molar-refractivity contribution in [3.8, 4) is 0 Å². The van der Waals surface area contributed by atoms with E-state index < -0.39 is 0 Å². The zero-order chi connectivity index (χ0) is 17.5. The van der Waals surface area contributed by atoms with Crippen molar-refractivity contribution in [3.05, 3.63) is 30.3 Å². The number of hydrogen-bond donors (Lipinski definition) is 2. The molecule has 1 aromatic rings. The molecule has 0 aromatic heterocycles. The predicted molar refractivity (Wildman–Crippen MR) is 104 cm³/mol. The third kappa shape index (κ3) is 8.77. The highest BCUT2D eigenvalue weighted by Gasteiger charge is 2.03. The normalized spacial score (nSPS) is 11.4. The number of methoxy groups -OCH3 is 1. The molecular weight excluding hydrogens is 300 g/mol. The van der Waals surface area contributed by atoms with Crippen LogP contribution in [0.25, 0.3) is 0 Å². The first-order chi connectivity index (χ1) is 11.8. The van der Waals surface area contributed by atoms with E-state index in [-0.39, 0.29) is 0 Å². The minimum Gasteiger partial charge on any atom is -0.385 e. The van der Waals surface area contributed by atoms with Crippen LogP contribution in [0.1, 0.15) is 32.6 Å². The van der Waals surface area contributed by atoms with E-state index in [4.69, 9.17) is 4.74 Å². The van der Waals surface area contributed by atoms with Gasteiger partial charge in [-0.1, -0.05) is 18.2 Å². The number of anilines is 1. The monoisotopic (exact) mass is 334 g/mol. The third-order valence-corrected chi connectivity index (χ3v) is 3.94. The molecule has 0 aliphatic heterocycles. The van der Waals surface area contributed by atoms with E-state index in [0.717, 1.165) is 58.0 Å². The Balaban J connectivity index is 2.15. The van der Waals surface area contributed by atoms with Crippen LogP contribution in [0.3, 0.4) is 0 Å². The van der Waals surface area contributed by atoms with Crippen LogP contribution < -0.4 is 15.5 Å². The SMILES string of the molecule is CCN(CCCNC(=NC)NCCCCCOC)c1ccccc1. The van der Waals surface area contributed by atoms with Gasteiger partial charge < -0.3 is 20.3 Å². The fourth-order valence-corrected chi connectivity index (χ4v) is 2.56. The fourth-order valence-electron chi connectivity index (χ4n) is 2.56. The Labute approximate surface area is 147 Å². The summed E-state index contributed by atoms with van der Waals surface area (Å²) < 4.78 is 5.06. The average Bonchev–Trinajstić information content (AvgIpc) is 2.63. The maximum atomic E-state index is 5.06. The Kier molecular flexibility index (Phi) is 11.6. The third-order valence-electron chi connectivity index (χ3n) is 3.94. The van der Waals surface area contributed by atoms with Crippen molar-refractivity contribution in [2.45, 2.75) is 32.6 Å². The molecule has 24 heavy (non-hydrogen) atoms. The summed E-state index contributed by atoms with van der Waals surface area (Å²) in [7, 11) is 3.57. The van der Waals surface area contributed by atoms with E-state index in [1.807, 2.05) is 7.05 Å². The number of nitrogens with one attached hydrogen (secondary N) is 2. The number of benzene rings is 1.